The predicted octanol–water partition coefficient (Wildman–Crippen LogP) is 4.67. The van der Waals surface area contributed by atoms with E-state index in [0.717, 1.165) is 29.5 Å². The van der Waals surface area contributed by atoms with Gasteiger partial charge in [0.2, 0.25) is 0 Å². The molecule has 1 heterocycles. The summed E-state index contributed by atoms with van der Waals surface area (Å²) < 4.78 is 44.0. The molecule has 0 spiro atoms. The van der Waals surface area contributed by atoms with Gasteiger partial charge in [-0.1, -0.05) is 18.2 Å². The Kier molecular flexibility index (Phi) is 6.24. The highest BCUT2D eigenvalue weighted by atomic mass is 19.4. The van der Waals surface area contributed by atoms with Crippen LogP contribution in [0.1, 0.15) is 22.5 Å². The van der Waals surface area contributed by atoms with Gasteiger partial charge in [0, 0.05) is 11.3 Å². The van der Waals surface area contributed by atoms with Gasteiger partial charge in [-0.15, -0.1) is 0 Å². The number of halogens is 3. The number of alkyl halides is 3. The van der Waals surface area contributed by atoms with Gasteiger partial charge < -0.3 is 9.73 Å². The number of furan rings is 1. The molecule has 0 fully saturated rings. The summed E-state index contributed by atoms with van der Waals surface area (Å²) in [7, 11) is 0. The molecule has 0 saturated carbocycles. The number of benzene rings is 2. The average Bonchev–Trinajstić information content (AvgIpc) is 3.19. The van der Waals surface area contributed by atoms with Gasteiger partial charge in [0.15, 0.2) is 0 Å². The topological polar surface area (TPSA) is 83.7 Å². The maximum Gasteiger partial charge on any atom is 0.416 e. The molecular formula is C22H18F3N3O3. The van der Waals surface area contributed by atoms with Crippen molar-refractivity contribution < 1.29 is 27.2 Å². The van der Waals surface area contributed by atoms with Gasteiger partial charge in [0.05, 0.1) is 11.8 Å². The van der Waals surface area contributed by atoms with Crippen LogP contribution in [-0.2, 0) is 15.8 Å². The summed E-state index contributed by atoms with van der Waals surface area (Å²) in [6, 6.07) is 12.9. The van der Waals surface area contributed by atoms with Crippen LogP contribution in [-0.4, -0.2) is 18.0 Å². The Balaban J connectivity index is 1.60. The van der Waals surface area contributed by atoms with E-state index in [1.54, 1.807) is 12.1 Å². The standard InChI is InChI=1S/C22H18F3N3O3/c1-13-6-7-17(10-14(13)2)27-20(29)21(30)28-26-12-18-8-9-19(31-18)15-4-3-5-16(11-15)22(23,24)25/h3-12H,1-2H3,(H,27,29)(H,28,30)/b26-12+. The minimum Gasteiger partial charge on any atom is -0.455 e. The Labute approximate surface area is 175 Å². The summed E-state index contributed by atoms with van der Waals surface area (Å²) in [5, 5.41) is 6.10. The van der Waals surface area contributed by atoms with Gasteiger partial charge in [-0.05, 0) is 61.4 Å². The van der Waals surface area contributed by atoms with Gasteiger partial charge in [0.25, 0.3) is 0 Å². The van der Waals surface area contributed by atoms with Crippen LogP contribution in [0.5, 0.6) is 0 Å². The van der Waals surface area contributed by atoms with E-state index in [1.165, 1.54) is 24.3 Å². The lowest BCUT2D eigenvalue weighted by molar-refractivity contribution is -0.137. The van der Waals surface area contributed by atoms with E-state index in [4.69, 9.17) is 4.42 Å². The molecule has 2 aromatic carbocycles. The smallest absolute Gasteiger partial charge is 0.416 e. The fraction of sp³-hybridized carbons (Fsp3) is 0.136. The Morgan fingerprint density at radius 3 is 2.45 bits per heavy atom. The molecule has 9 heteroatoms. The van der Waals surface area contributed by atoms with Crippen LogP contribution in [0.25, 0.3) is 11.3 Å². The molecule has 0 aliphatic heterocycles. The van der Waals surface area contributed by atoms with Crippen molar-refractivity contribution in [1.29, 1.82) is 0 Å². The number of carbonyl (C=O) groups is 2. The summed E-state index contributed by atoms with van der Waals surface area (Å²) >= 11 is 0. The molecule has 0 bridgehead atoms. The van der Waals surface area contributed by atoms with E-state index < -0.39 is 23.6 Å². The lowest BCUT2D eigenvalue weighted by atomic mass is 10.1. The highest BCUT2D eigenvalue weighted by Crippen LogP contribution is 2.32. The van der Waals surface area contributed by atoms with Gasteiger partial charge in [-0.2, -0.15) is 18.3 Å². The van der Waals surface area contributed by atoms with Crippen LogP contribution in [0.3, 0.4) is 0 Å². The van der Waals surface area contributed by atoms with E-state index in [9.17, 15) is 22.8 Å². The van der Waals surface area contributed by atoms with Gasteiger partial charge >= 0.3 is 18.0 Å². The van der Waals surface area contributed by atoms with Crippen LogP contribution < -0.4 is 10.7 Å². The van der Waals surface area contributed by atoms with Crippen molar-refractivity contribution in [2.45, 2.75) is 20.0 Å². The fourth-order valence-electron chi connectivity index (χ4n) is 2.64. The van der Waals surface area contributed by atoms with E-state index in [-0.39, 0.29) is 17.1 Å². The summed E-state index contributed by atoms with van der Waals surface area (Å²) in [4.78, 5) is 23.8. The van der Waals surface area contributed by atoms with E-state index in [1.807, 2.05) is 19.9 Å². The van der Waals surface area contributed by atoms with Crippen molar-refractivity contribution in [1.82, 2.24) is 5.43 Å². The third-order valence-electron chi connectivity index (χ3n) is 4.43. The van der Waals surface area contributed by atoms with E-state index in [2.05, 4.69) is 15.8 Å². The molecule has 0 aliphatic carbocycles. The Morgan fingerprint density at radius 1 is 0.968 bits per heavy atom. The Morgan fingerprint density at radius 2 is 1.74 bits per heavy atom. The number of rotatable bonds is 4. The first-order valence-electron chi connectivity index (χ1n) is 9.12. The molecule has 6 nitrogen and oxygen atoms in total. The number of carbonyl (C=O) groups excluding carboxylic acids is 2. The molecule has 0 radical (unpaired) electrons. The normalized spacial score (nSPS) is 11.5. The number of hydrazone groups is 1. The largest absolute Gasteiger partial charge is 0.455 e. The molecule has 0 saturated heterocycles. The Bertz CT molecular complexity index is 1150. The van der Waals surface area contributed by atoms with Crippen molar-refractivity contribution in [3.63, 3.8) is 0 Å². The summed E-state index contributed by atoms with van der Waals surface area (Å²) in [5.41, 5.74) is 4.00. The third kappa shape index (κ3) is 5.59. The van der Waals surface area contributed by atoms with E-state index in [0.29, 0.717) is 5.69 Å². The molecule has 1 aromatic heterocycles. The molecule has 160 valence electrons. The number of hydrogen-bond acceptors (Lipinski definition) is 4. The van der Waals surface area contributed by atoms with E-state index >= 15 is 0 Å². The molecule has 2 N–H and O–H groups in total. The van der Waals surface area contributed by atoms with Crippen LogP contribution in [0.15, 0.2) is 64.1 Å². The summed E-state index contributed by atoms with van der Waals surface area (Å²) in [5.74, 6) is -1.50. The number of hydrogen-bond donors (Lipinski definition) is 2. The molecule has 0 atom stereocenters. The maximum absolute atomic E-state index is 12.8. The van der Waals surface area contributed by atoms with Gasteiger partial charge in [-0.25, -0.2) is 5.43 Å². The minimum atomic E-state index is -4.46. The van der Waals surface area contributed by atoms with Crippen molar-refractivity contribution in [3.05, 3.63) is 77.0 Å². The highest BCUT2D eigenvalue weighted by Gasteiger charge is 2.30. The first kappa shape index (κ1) is 21.8. The second-order valence-electron chi connectivity index (χ2n) is 6.73. The second-order valence-corrected chi connectivity index (χ2v) is 6.73. The number of nitrogens with zero attached hydrogens (tertiary/aromatic N) is 1. The van der Waals surface area contributed by atoms with Crippen LogP contribution in [0.4, 0.5) is 18.9 Å². The maximum atomic E-state index is 12.8. The zero-order chi connectivity index (χ0) is 22.6. The number of nitrogens with one attached hydrogen (secondary N) is 2. The monoisotopic (exact) mass is 429 g/mol. The quantitative estimate of drug-likeness (QED) is 0.359. The summed E-state index contributed by atoms with van der Waals surface area (Å²) in [6.07, 6.45) is -3.33. The van der Waals surface area contributed by atoms with Gasteiger partial charge in [-0.3, -0.25) is 9.59 Å². The lowest BCUT2D eigenvalue weighted by Gasteiger charge is -2.07. The van der Waals surface area contributed by atoms with Gasteiger partial charge in [0.1, 0.15) is 11.5 Å². The minimum absolute atomic E-state index is 0.183. The number of anilines is 1. The van der Waals surface area contributed by atoms with Crippen molar-refractivity contribution in [3.8, 4) is 11.3 Å². The lowest BCUT2D eigenvalue weighted by Crippen LogP contribution is -2.32. The first-order valence-corrected chi connectivity index (χ1v) is 9.12. The van der Waals surface area contributed by atoms with Crippen LogP contribution in [0, 0.1) is 13.8 Å². The van der Waals surface area contributed by atoms with Crippen LogP contribution >= 0.6 is 0 Å². The molecule has 0 aliphatic rings. The van der Waals surface area contributed by atoms with Crippen LogP contribution in [0.2, 0.25) is 0 Å². The molecule has 3 aromatic rings. The summed E-state index contributed by atoms with van der Waals surface area (Å²) in [6.45, 7) is 3.81. The highest BCUT2D eigenvalue weighted by molar-refractivity contribution is 6.39. The molecule has 2 amide bonds. The second kappa shape index (κ2) is 8.86. The molecule has 31 heavy (non-hydrogen) atoms. The first-order chi connectivity index (χ1) is 14.6. The Hall–Kier alpha value is -3.88. The SMILES string of the molecule is Cc1ccc(NC(=O)C(=O)N/N=C/c2ccc(-c3cccc(C(F)(F)F)c3)o2)cc1C. The van der Waals surface area contributed by atoms with Crippen molar-refractivity contribution in [2.24, 2.45) is 5.10 Å². The molecular weight excluding hydrogens is 411 g/mol. The third-order valence-corrected chi connectivity index (χ3v) is 4.43. The zero-order valence-corrected chi connectivity index (χ0v) is 16.6. The average molecular weight is 429 g/mol. The molecule has 0 unspecified atom stereocenters. The number of amides is 2. The number of aryl methyl sites for hydroxylation is 2. The zero-order valence-electron chi connectivity index (χ0n) is 16.6. The van der Waals surface area contributed by atoms with Crippen molar-refractivity contribution >= 4 is 23.7 Å². The fourth-order valence-corrected chi connectivity index (χ4v) is 2.64. The molecule has 3 rings (SSSR count). The van der Waals surface area contributed by atoms with Crippen molar-refractivity contribution in [2.75, 3.05) is 5.32 Å². The predicted molar refractivity (Wildman–Crippen MR) is 109 cm³/mol.